The molecule has 0 aliphatic carbocycles. The van der Waals surface area contributed by atoms with Crippen molar-refractivity contribution in [1.82, 2.24) is 15.1 Å². The van der Waals surface area contributed by atoms with Crippen molar-refractivity contribution in [2.75, 3.05) is 33.4 Å². The number of nitrogens with one attached hydrogen (secondary N) is 1. The molecule has 4 amide bonds. The fourth-order valence-electron chi connectivity index (χ4n) is 3.04. The number of hydrogen-bond donors (Lipinski definition) is 1. The van der Waals surface area contributed by atoms with Crippen molar-refractivity contribution in [3.63, 3.8) is 0 Å². The molecule has 2 aliphatic heterocycles. The first-order valence-corrected chi connectivity index (χ1v) is 7.95. The van der Waals surface area contributed by atoms with E-state index in [0.717, 1.165) is 19.4 Å². The molecule has 2 aliphatic rings. The number of nitrogens with zero attached hydrogens (tertiary/aromatic N) is 2. The van der Waals surface area contributed by atoms with Crippen molar-refractivity contribution in [1.29, 1.82) is 0 Å². The molecule has 0 aromatic carbocycles. The number of likely N-dealkylation sites (tertiary alicyclic amines) is 1. The zero-order chi connectivity index (χ0) is 16.1. The number of hydrogen-bond acceptors (Lipinski definition) is 4. The van der Waals surface area contributed by atoms with Gasteiger partial charge in [-0.05, 0) is 25.2 Å². The predicted molar refractivity (Wildman–Crippen MR) is 80.1 cm³/mol. The molecule has 124 valence electrons. The van der Waals surface area contributed by atoms with Gasteiger partial charge in [0.2, 0.25) is 5.91 Å². The van der Waals surface area contributed by atoms with Crippen molar-refractivity contribution in [3.8, 4) is 0 Å². The molecule has 0 radical (unpaired) electrons. The lowest BCUT2D eigenvalue weighted by molar-refractivity contribution is -0.136. The lowest BCUT2D eigenvalue weighted by Gasteiger charge is -2.32. The molecule has 1 atom stereocenters. The minimum atomic E-state index is -0.705. The minimum absolute atomic E-state index is 0.0553. The van der Waals surface area contributed by atoms with Crippen LogP contribution < -0.4 is 5.32 Å². The first-order chi connectivity index (χ1) is 10.6. The number of carbonyl (C=O) groups excluding carboxylic acids is 3. The highest BCUT2D eigenvalue weighted by Gasteiger charge is 2.39. The topological polar surface area (TPSA) is 79.0 Å². The maximum atomic E-state index is 12.3. The third-order valence-electron chi connectivity index (χ3n) is 4.30. The van der Waals surface area contributed by atoms with Crippen LogP contribution in [0.25, 0.3) is 0 Å². The number of methoxy groups -OCH3 is 1. The van der Waals surface area contributed by atoms with Crippen LogP contribution in [0, 0.1) is 5.92 Å². The molecule has 2 heterocycles. The fourth-order valence-corrected chi connectivity index (χ4v) is 3.04. The summed E-state index contributed by atoms with van der Waals surface area (Å²) in [4.78, 5) is 39.1. The third-order valence-corrected chi connectivity index (χ3v) is 4.30. The smallest absolute Gasteiger partial charge is 0.324 e. The quantitative estimate of drug-likeness (QED) is 0.728. The molecule has 2 saturated heterocycles. The van der Waals surface area contributed by atoms with Crippen molar-refractivity contribution < 1.29 is 19.1 Å². The number of urea groups is 1. The Labute approximate surface area is 131 Å². The van der Waals surface area contributed by atoms with Gasteiger partial charge in [-0.1, -0.05) is 6.92 Å². The van der Waals surface area contributed by atoms with Gasteiger partial charge in [-0.25, -0.2) is 4.79 Å². The molecule has 7 nitrogen and oxygen atoms in total. The van der Waals surface area contributed by atoms with E-state index in [2.05, 4.69) is 5.32 Å². The highest BCUT2D eigenvalue weighted by Crippen LogP contribution is 2.19. The van der Waals surface area contributed by atoms with Crippen LogP contribution in [0.1, 0.15) is 32.6 Å². The molecule has 7 heteroatoms. The molecule has 0 unspecified atom stereocenters. The number of rotatable bonds is 6. The third kappa shape index (κ3) is 3.76. The van der Waals surface area contributed by atoms with Gasteiger partial charge in [-0.3, -0.25) is 14.5 Å². The zero-order valence-electron chi connectivity index (χ0n) is 13.3. The maximum absolute atomic E-state index is 12.3. The van der Waals surface area contributed by atoms with Crippen molar-refractivity contribution in [3.05, 3.63) is 0 Å². The summed E-state index contributed by atoms with van der Waals surface area (Å²) in [6.07, 6.45) is 2.62. The summed E-state index contributed by atoms with van der Waals surface area (Å²) < 4.78 is 5.14. The molecule has 2 fully saturated rings. The van der Waals surface area contributed by atoms with Crippen LogP contribution in [0.15, 0.2) is 0 Å². The molecular weight excluding hydrogens is 286 g/mol. The van der Waals surface area contributed by atoms with Gasteiger partial charge in [-0.2, -0.15) is 0 Å². The summed E-state index contributed by atoms with van der Waals surface area (Å²) in [7, 11) is 1.69. The molecule has 1 N–H and O–H groups in total. The Morgan fingerprint density at radius 1 is 1.32 bits per heavy atom. The van der Waals surface area contributed by atoms with Crippen LogP contribution in [0.4, 0.5) is 4.79 Å². The van der Waals surface area contributed by atoms with Crippen molar-refractivity contribution in [2.24, 2.45) is 5.92 Å². The van der Waals surface area contributed by atoms with Gasteiger partial charge in [-0.15, -0.1) is 0 Å². The summed E-state index contributed by atoms with van der Waals surface area (Å²) in [6, 6.07) is -1.09. The maximum Gasteiger partial charge on any atom is 0.324 e. The molecule has 0 bridgehead atoms. The van der Waals surface area contributed by atoms with Gasteiger partial charge in [0, 0.05) is 33.4 Å². The van der Waals surface area contributed by atoms with E-state index in [-0.39, 0.29) is 24.3 Å². The second-order valence-electron chi connectivity index (χ2n) is 5.98. The monoisotopic (exact) mass is 311 g/mol. The zero-order valence-corrected chi connectivity index (χ0v) is 13.3. The summed E-state index contributed by atoms with van der Waals surface area (Å²) >= 11 is 0. The molecular formula is C15H25N3O4. The van der Waals surface area contributed by atoms with Gasteiger partial charge in [0.05, 0.1) is 6.42 Å². The SMILES string of the molecule is CCCN1C(=O)N[C@H](CC(=O)N2CCC(COC)CC2)C1=O. The molecule has 0 aromatic heterocycles. The highest BCUT2D eigenvalue weighted by molar-refractivity contribution is 6.05. The molecule has 2 rings (SSSR count). The largest absolute Gasteiger partial charge is 0.384 e. The predicted octanol–water partition coefficient (Wildman–Crippen LogP) is 0.592. The Balaban J connectivity index is 1.83. The van der Waals surface area contributed by atoms with Gasteiger partial charge in [0.15, 0.2) is 0 Å². The van der Waals surface area contributed by atoms with Crippen LogP contribution in [0.2, 0.25) is 0 Å². The Morgan fingerprint density at radius 2 is 2.00 bits per heavy atom. The van der Waals surface area contributed by atoms with Crippen LogP contribution in [0.5, 0.6) is 0 Å². The summed E-state index contributed by atoms with van der Waals surface area (Å²) in [5.41, 5.74) is 0. The van der Waals surface area contributed by atoms with Crippen LogP contribution >= 0.6 is 0 Å². The molecule has 0 aromatic rings. The Morgan fingerprint density at radius 3 is 2.59 bits per heavy atom. The van der Waals surface area contributed by atoms with Gasteiger partial charge in [0.25, 0.3) is 5.91 Å². The average molecular weight is 311 g/mol. The molecule has 22 heavy (non-hydrogen) atoms. The lowest BCUT2D eigenvalue weighted by atomic mass is 9.97. The standard InChI is InChI=1S/C15H25N3O4/c1-3-6-18-14(20)12(16-15(18)21)9-13(19)17-7-4-11(5-8-17)10-22-2/h11-12H,3-10H2,1-2H3,(H,16,21)/t12-/m1/s1. The average Bonchev–Trinajstić information content (AvgIpc) is 2.76. The van der Waals surface area contributed by atoms with E-state index < -0.39 is 6.04 Å². The first-order valence-electron chi connectivity index (χ1n) is 7.95. The highest BCUT2D eigenvalue weighted by atomic mass is 16.5. The van der Waals surface area contributed by atoms with E-state index in [4.69, 9.17) is 4.74 Å². The van der Waals surface area contributed by atoms with E-state index in [9.17, 15) is 14.4 Å². The molecule has 0 saturated carbocycles. The Kier molecular flexibility index (Phi) is 5.76. The van der Waals surface area contributed by atoms with Crippen LogP contribution in [0.3, 0.4) is 0 Å². The number of amides is 4. The van der Waals surface area contributed by atoms with E-state index >= 15 is 0 Å². The Bertz CT molecular complexity index is 433. The number of carbonyl (C=O) groups is 3. The van der Waals surface area contributed by atoms with E-state index in [1.807, 2.05) is 6.92 Å². The fraction of sp³-hybridized carbons (Fsp3) is 0.800. The second kappa shape index (κ2) is 7.58. The number of ether oxygens (including phenoxy) is 1. The molecule has 0 spiro atoms. The lowest BCUT2D eigenvalue weighted by Crippen LogP contribution is -2.43. The Hall–Kier alpha value is -1.63. The summed E-state index contributed by atoms with van der Waals surface area (Å²) in [5, 5.41) is 2.61. The van der Waals surface area contributed by atoms with E-state index in [1.54, 1.807) is 12.0 Å². The van der Waals surface area contributed by atoms with E-state index in [0.29, 0.717) is 32.0 Å². The van der Waals surface area contributed by atoms with Crippen LogP contribution in [-0.4, -0.2) is 67.0 Å². The van der Waals surface area contributed by atoms with Gasteiger partial charge >= 0.3 is 6.03 Å². The van der Waals surface area contributed by atoms with E-state index in [1.165, 1.54) is 4.90 Å². The summed E-state index contributed by atoms with van der Waals surface area (Å²) in [5.74, 6) is 0.157. The first kappa shape index (κ1) is 16.7. The normalized spacial score (nSPS) is 23.1. The minimum Gasteiger partial charge on any atom is -0.384 e. The second-order valence-corrected chi connectivity index (χ2v) is 5.98. The van der Waals surface area contributed by atoms with Crippen LogP contribution in [-0.2, 0) is 14.3 Å². The summed E-state index contributed by atoms with van der Waals surface area (Å²) in [6.45, 7) is 4.42. The van der Waals surface area contributed by atoms with Gasteiger partial charge in [0.1, 0.15) is 6.04 Å². The van der Waals surface area contributed by atoms with Crippen molar-refractivity contribution in [2.45, 2.75) is 38.6 Å². The van der Waals surface area contributed by atoms with Crippen molar-refractivity contribution >= 4 is 17.8 Å². The van der Waals surface area contributed by atoms with Gasteiger partial charge < -0.3 is 15.0 Å². The number of imide groups is 1. The number of piperidine rings is 1.